The normalized spacial score (nSPS) is 11.2. The van der Waals surface area contributed by atoms with Gasteiger partial charge in [-0.3, -0.25) is 0 Å². The quantitative estimate of drug-likeness (QED) is 0.402. The van der Waals surface area contributed by atoms with E-state index in [0.717, 1.165) is 11.1 Å². The van der Waals surface area contributed by atoms with Crippen molar-refractivity contribution in [3.8, 4) is 11.4 Å². The van der Waals surface area contributed by atoms with Crippen LogP contribution in [0.25, 0.3) is 28.6 Å². The molecule has 0 atom stereocenters. The van der Waals surface area contributed by atoms with Crippen LogP contribution < -0.4 is 0 Å². The molecular formula is C19H13N3O4. The Kier molecular flexibility index (Phi) is 4.26. The zero-order chi connectivity index (χ0) is 17.8. The lowest BCUT2D eigenvalue weighted by atomic mass is 10.2. The second kappa shape index (κ2) is 7.02. The molecular weight excluding hydrogens is 334 g/mol. The molecule has 128 valence electrons. The smallest absolute Gasteiger partial charge is 0.331 e. The van der Waals surface area contributed by atoms with Crippen molar-refractivity contribution in [2.24, 2.45) is 0 Å². The maximum atomic E-state index is 11.8. The highest BCUT2D eigenvalue weighted by molar-refractivity contribution is 5.86. The summed E-state index contributed by atoms with van der Waals surface area (Å²) in [5.74, 6) is 0.421. The minimum atomic E-state index is -0.563. The summed E-state index contributed by atoms with van der Waals surface area (Å²) in [6.07, 6.45) is 2.69. The molecule has 4 rings (SSSR count). The van der Waals surface area contributed by atoms with Crippen molar-refractivity contribution in [1.82, 2.24) is 15.1 Å². The molecule has 7 nitrogen and oxygen atoms in total. The van der Waals surface area contributed by atoms with Crippen LogP contribution in [-0.2, 0) is 16.1 Å². The molecule has 0 amide bonds. The van der Waals surface area contributed by atoms with E-state index in [1.165, 1.54) is 12.2 Å². The lowest BCUT2D eigenvalue weighted by Gasteiger charge is -1.95. The Morgan fingerprint density at radius 2 is 1.85 bits per heavy atom. The van der Waals surface area contributed by atoms with Gasteiger partial charge in [-0.2, -0.15) is 4.98 Å². The summed E-state index contributed by atoms with van der Waals surface area (Å²) < 4.78 is 15.6. The first-order chi connectivity index (χ1) is 12.8. The first-order valence-corrected chi connectivity index (χ1v) is 7.86. The molecule has 0 saturated heterocycles. The fourth-order valence-corrected chi connectivity index (χ4v) is 2.30. The van der Waals surface area contributed by atoms with Crippen LogP contribution >= 0.6 is 0 Å². The van der Waals surface area contributed by atoms with Crippen molar-refractivity contribution in [1.29, 1.82) is 0 Å². The van der Waals surface area contributed by atoms with Crippen molar-refractivity contribution in [3.63, 3.8) is 0 Å². The summed E-state index contributed by atoms with van der Waals surface area (Å²) in [6, 6.07) is 16.7. The second-order valence-corrected chi connectivity index (χ2v) is 5.34. The topological polar surface area (TPSA) is 91.2 Å². The number of carbonyl (C=O) groups is 1. The molecule has 4 aromatic rings. The van der Waals surface area contributed by atoms with E-state index < -0.39 is 5.97 Å². The number of para-hydroxylation sites is 2. The third-order valence-corrected chi connectivity index (χ3v) is 3.51. The number of aromatic nitrogens is 3. The fourth-order valence-electron chi connectivity index (χ4n) is 2.30. The molecule has 2 aromatic carbocycles. The van der Waals surface area contributed by atoms with Gasteiger partial charge in [0.2, 0.25) is 11.7 Å². The molecule has 0 spiro atoms. The molecule has 2 aromatic heterocycles. The number of fused-ring (bicyclic) bond motifs is 1. The Hall–Kier alpha value is -3.74. The van der Waals surface area contributed by atoms with Gasteiger partial charge in [0.1, 0.15) is 5.52 Å². The monoisotopic (exact) mass is 347 g/mol. The fraction of sp³-hybridized carbons (Fsp3) is 0.0526. The number of ether oxygens (including phenoxy) is 1. The molecule has 0 fully saturated rings. The van der Waals surface area contributed by atoms with Crippen LogP contribution in [0.15, 0.2) is 69.6 Å². The number of oxazole rings is 1. The van der Waals surface area contributed by atoms with E-state index in [0.29, 0.717) is 17.3 Å². The van der Waals surface area contributed by atoms with Crippen LogP contribution in [-0.4, -0.2) is 21.1 Å². The first-order valence-electron chi connectivity index (χ1n) is 7.86. The molecule has 0 radical (unpaired) electrons. The van der Waals surface area contributed by atoms with Gasteiger partial charge in [-0.05, 0) is 12.1 Å². The number of hydrogen-bond acceptors (Lipinski definition) is 7. The molecule has 0 unspecified atom stereocenters. The highest BCUT2D eigenvalue weighted by Gasteiger charge is 2.10. The van der Waals surface area contributed by atoms with E-state index in [-0.39, 0.29) is 12.5 Å². The van der Waals surface area contributed by atoms with Crippen molar-refractivity contribution < 1.29 is 18.5 Å². The molecule has 0 bridgehead atoms. The highest BCUT2D eigenvalue weighted by Crippen LogP contribution is 2.16. The maximum Gasteiger partial charge on any atom is 0.331 e. The SMILES string of the molecule is O=C(/C=C/c1nc2ccccc2o1)OCc1nc(-c2ccccc2)no1. The lowest BCUT2D eigenvalue weighted by Crippen LogP contribution is -2.00. The van der Waals surface area contributed by atoms with Crippen LogP contribution in [0.4, 0.5) is 0 Å². The van der Waals surface area contributed by atoms with Gasteiger partial charge in [-0.25, -0.2) is 9.78 Å². The number of carbonyl (C=O) groups excluding carboxylic acids is 1. The summed E-state index contributed by atoms with van der Waals surface area (Å²) in [7, 11) is 0. The highest BCUT2D eigenvalue weighted by atomic mass is 16.6. The Morgan fingerprint density at radius 3 is 2.69 bits per heavy atom. The molecule has 0 aliphatic carbocycles. The molecule has 0 saturated carbocycles. The van der Waals surface area contributed by atoms with E-state index in [4.69, 9.17) is 13.7 Å². The Labute approximate surface area is 147 Å². The van der Waals surface area contributed by atoms with Crippen molar-refractivity contribution in [3.05, 3.63) is 72.5 Å². The van der Waals surface area contributed by atoms with Crippen LogP contribution in [0.5, 0.6) is 0 Å². The van der Waals surface area contributed by atoms with E-state index in [2.05, 4.69) is 15.1 Å². The predicted octanol–water partition coefficient (Wildman–Crippen LogP) is 3.63. The van der Waals surface area contributed by atoms with Crippen molar-refractivity contribution in [2.75, 3.05) is 0 Å². The number of hydrogen-bond donors (Lipinski definition) is 0. The third-order valence-electron chi connectivity index (χ3n) is 3.51. The summed E-state index contributed by atoms with van der Waals surface area (Å²) in [4.78, 5) is 20.2. The Bertz CT molecular complexity index is 1030. The molecule has 2 heterocycles. The van der Waals surface area contributed by atoms with E-state index in [1.54, 1.807) is 6.07 Å². The van der Waals surface area contributed by atoms with Gasteiger partial charge in [-0.1, -0.05) is 47.6 Å². The Balaban J connectivity index is 1.36. The number of rotatable bonds is 5. The maximum absolute atomic E-state index is 11.8. The number of nitrogens with zero attached hydrogens (tertiary/aromatic N) is 3. The number of esters is 1. The average Bonchev–Trinajstić information content (AvgIpc) is 3.32. The molecule has 0 N–H and O–H groups in total. The first kappa shape index (κ1) is 15.8. The molecule has 7 heteroatoms. The number of benzene rings is 2. The predicted molar refractivity (Wildman–Crippen MR) is 92.6 cm³/mol. The van der Waals surface area contributed by atoms with Gasteiger partial charge >= 0.3 is 5.97 Å². The van der Waals surface area contributed by atoms with Gasteiger partial charge in [0.05, 0.1) is 0 Å². The van der Waals surface area contributed by atoms with Crippen molar-refractivity contribution >= 4 is 23.1 Å². The van der Waals surface area contributed by atoms with E-state index in [1.807, 2.05) is 48.5 Å². The minimum Gasteiger partial charge on any atom is -0.452 e. The van der Waals surface area contributed by atoms with E-state index in [9.17, 15) is 4.79 Å². The molecule has 0 aliphatic heterocycles. The van der Waals surface area contributed by atoms with Gasteiger partial charge in [-0.15, -0.1) is 0 Å². The average molecular weight is 347 g/mol. The van der Waals surface area contributed by atoms with Gasteiger partial charge < -0.3 is 13.7 Å². The van der Waals surface area contributed by atoms with E-state index >= 15 is 0 Å². The Morgan fingerprint density at radius 1 is 1.04 bits per heavy atom. The van der Waals surface area contributed by atoms with Crippen molar-refractivity contribution in [2.45, 2.75) is 6.61 Å². The van der Waals surface area contributed by atoms with Crippen LogP contribution in [0, 0.1) is 0 Å². The zero-order valence-corrected chi connectivity index (χ0v) is 13.5. The summed E-state index contributed by atoms with van der Waals surface area (Å²) in [6.45, 7) is -0.115. The molecule has 26 heavy (non-hydrogen) atoms. The minimum absolute atomic E-state index is 0.115. The van der Waals surface area contributed by atoms with Gasteiger partial charge in [0, 0.05) is 17.7 Å². The summed E-state index contributed by atoms with van der Waals surface area (Å²) in [5, 5.41) is 3.86. The van der Waals surface area contributed by atoms with Gasteiger partial charge in [0.15, 0.2) is 12.2 Å². The summed E-state index contributed by atoms with van der Waals surface area (Å²) in [5.41, 5.74) is 2.20. The molecule has 0 aliphatic rings. The van der Waals surface area contributed by atoms with Crippen LogP contribution in [0.2, 0.25) is 0 Å². The standard InChI is InChI=1S/C19H13N3O4/c23-18(11-10-16-20-14-8-4-5-9-15(14)25-16)24-12-17-21-19(22-26-17)13-6-2-1-3-7-13/h1-11H,12H2/b11-10+. The summed E-state index contributed by atoms with van der Waals surface area (Å²) >= 11 is 0. The van der Waals surface area contributed by atoms with Crippen LogP contribution in [0.1, 0.15) is 11.8 Å². The lowest BCUT2D eigenvalue weighted by molar-refractivity contribution is -0.139. The van der Waals surface area contributed by atoms with Gasteiger partial charge in [0.25, 0.3) is 5.89 Å². The largest absolute Gasteiger partial charge is 0.452 e. The van der Waals surface area contributed by atoms with Crippen LogP contribution in [0.3, 0.4) is 0 Å². The zero-order valence-electron chi connectivity index (χ0n) is 13.5. The second-order valence-electron chi connectivity index (χ2n) is 5.34. The third kappa shape index (κ3) is 3.51.